The Labute approximate surface area is 79.7 Å². The zero-order valence-electron chi connectivity index (χ0n) is 6.97. The van der Waals surface area contributed by atoms with Crippen LogP contribution in [0.5, 0.6) is 0 Å². The third-order valence-electron chi connectivity index (χ3n) is 1.16. The van der Waals surface area contributed by atoms with E-state index in [2.05, 4.69) is 9.97 Å². The summed E-state index contributed by atoms with van der Waals surface area (Å²) in [5, 5.41) is 10.3. The predicted molar refractivity (Wildman–Crippen MR) is 49.4 cm³/mol. The Morgan fingerprint density at radius 1 is 1.69 bits per heavy atom. The molecular formula is C8H8N2O2S. The molecule has 0 aliphatic heterocycles. The van der Waals surface area contributed by atoms with Crippen LogP contribution >= 0.6 is 11.8 Å². The zero-order valence-corrected chi connectivity index (χ0v) is 7.78. The van der Waals surface area contributed by atoms with E-state index in [1.165, 1.54) is 17.2 Å². The largest absolute Gasteiger partial charge is 0.478 e. The maximum absolute atomic E-state index is 10.1. The number of carboxylic acid groups (broad SMARTS) is 1. The van der Waals surface area contributed by atoms with Gasteiger partial charge >= 0.3 is 5.97 Å². The molecule has 0 radical (unpaired) electrons. The molecule has 0 amide bonds. The predicted octanol–water partition coefficient (Wildman–Crippen LogP) is 1.48. The van der Waals surface area contributed by atoms with E-state index in [-0.39, 0.29) is 0 Å². The molecule has 0 unspecified atom stereocenters. The second kappa shape index (κ2) is 4.61. The van der Waals surface area contributed by atoms with Gasteiger partial charge in [-0.15, -0.1) is 0 Å². The maximum atomic E-state index is 10.1. The van der Waals surface area contributed by atoms with Crippen LogP contribution in [0.3, 0.4) is 0 Å². The minimum atomic E-state index is -0.972. The van der Waals surface area contributed by atoms with Gasteiger partial charge in [-0.1, -0.05) is 11.8 Å². The average Bonchev–Trinajstić information content (AvgIpc) is 2.03. The first-order chi connectivity index (χ1) is 6.18. The lowest BCUT2D eigenvalue weighted by molar-refractivity contribution is -0.131. The van der Waals surface area contributed by atoms with Crippen LogP contribution < -0.4 is 0 Å². The zero-order chi connectivity index (χ0) is 9.68. The average molecular weight is 196 g/mol. The molecule has 0 atom stereocenters. The summed E-state index contributed by atoms with van der Waals surface area (Å²) in [6.07, 6.45) is 2.69. The van der Waals surface area contributed by atoms with E-state index < -0.39 is 5.97 Å². The lowest BCUT2D eigenvalue weighted by atomic mass is 10.5. The molecule has 1 N–H and O–H groups in total. The number of thioether (sulfide) groups is 1. The van der Waals surface area contributed by atoms with Crippen molar-refractivity contribution in [2.75, 3.05) is 0 Å². The Bertz CT molecular complexity index is 339. The quantitative estimate of drug-likeness (QED) is 0.450. The molecule has 4 nitrogen and oxygen atoms in total. The highest BCUT2D eigenvalue weighted by Gasteiger charge is 1.94. The van der Waals surface area contributed by atoms with Crippen LogP contribution in [-0.2, 0) is 4.79 Å². The number of carbonyl (C=O) groups is 1. The third kappa shape index (κ3) is 3.71. The molecule has 13 heavy (non-hydrogen) atoms. The Hall–Kier alpha value is -1.36. The molecule has 0 fully saturated rings. The number of aromatic nitrogens is 2. The normalized spacial score (nSPS) is 10.5. The molecule has 0 bridgehead atoms. The molecule has 1 aromatic heterocycles. The van der Waals surface area contributed by atoms with E-state index in [1.54, 1.807) is 12.3 Å². The lowest BCUT2D eigenvalue weighted by Crippen LogP contribution is -1.87. The van der Waals surface area contributed by atoms with Crippen molar-refractivity contribution in [2.24, 2.45) is 0 Å². The monoisotopic (exact) mass is 196 g/mol. The number of aryl methyl sites for hydroxylation is 1. The lowest BCUT2D eigenvalue weighted by Gasteiger charge is -1.94. The molecular weight excluding hydrogens is 188 g/mol. The Kier molecular flexibility index (Phi) is 3.45. The van der Waals surface area contributed by atoms with Gasteiger partial charge in [-0.3, -0.25) is 0 Å². The van der Waals surface area contributed by atoms with E-state index in [0.29, 0.717) is 5.16 Å². The maximum Gasteiger partial charge on any atom is 0.328 e. The molecule has 1 aromatic rings. The van der Waals surface area contributed by atoms with Crippen molar-refractivity contribution >= 4 is 17.7 Å². The van der Waals surface area contributed by atoms with Crippen molar-refractivity contribution in [3.05, 3.63) is 29.4 Å². The highest BCUT2D eigenvalue weighted by atomic mass is 32.2. The molecule has 0 spiro atoms. The van der Waals surface area contributed by atoms with Gasteiger partial charge in [0.15, 0.2) is 5.16 Å². The minimum Gasteiger partial charge on any atom is -0.478 e. The number of hydrogen-bond donors (Lipinski definition) is 1. The van der Waals surface area contributed by atoms with Crippen LogP contribution in [-0.4, -0.2) is 21.0 Å². The second-order valence-electron chi connectivity index (χ2n) is 2.24. The molecule has 1 rings (SSSR count). The summed E-state index contributed by atoms with van der Waals surface area (Å²) in [7, 11) is 0. The van der Waals surface area contributed by atoms with Crippen molar-refractivity contribution in [3.8, 4) is 0 Å². The first-order valence-corrected chi connectivity index (χ1v) is 4.42. The van der Waals surface area contributed by atoms with Crippen molar-refractivity contribution < 1.29 is 9.90 Å². The second-order valence-corrected chi connectivity index (χ2v) is 3.11. The summed E-state index contributed by atoms with van der Waals surface area (Å²) in [4.78, 5) is 18.1. The van der Waals surface area contributed by atoms with E-state index >= 15 is 0 Å². The van der Waals surface area contributed by atoms with Crippen molar-refractivity contribution in [3.63, 3.8) is 0 Å². The molecule has 5 heteroatoms. The fraction of sp³-hybridized carbons (Fsp3) is 0.125. The van der Waals surface area contributed by atoms with Crippen LogP contribution in [0.15, 0.2) is 28.9 Å². The number of aliphatic carboxylic acids is 1. The fourth-order valence-electron chi connectivity index (χ4n) is 0.636. The van der Waals surface area contributed by atoms with E-state index in [1.807, 2.05) is 6.92 Å². The van der Waals surface area contributed by atoms with Crippen molar-refractivity contribution in [1.82, 2.24) is 9.97 Å². The molecule has 1 heterocycles. The Morgan fingerprint density at radius 2 is 2.46 bits per heavy atom. The number of hydrogen-bond acceptors (Lipinski definition) is 4. The molecule has 0 aliphatic carbocycles. The van der Waals surface area contributed by atoms with Gasteiger partial charge in [0.2, 0.25) is 0 Å². The number of rotatable bonds is 3. The van der Waals surface area contributed by atoms with E-state index in [0.717, 1.165) is 11.8 Å². The van der Waals surface area contributed by atoms with Crippen LogP contribution in [0.1, 0.15) is 5.69 Å². The molecule has 0 aromatic carbocycles. The fourth-order valence-corrected chi connectivity index (χ4v) is 1.26. The van der Waals surface area contributed by atoms with Crippen molar-refractivity contribution in [1.29, 1.82) is 0 Å². The summed E-state index contributed by atoms with van der Waals surface area (Å²) < 4.78 is 0. The Morgan fingerprint density at radius 3 is 3.08 bits per heavy atom. The highest BCUT2D eigenvalue weighted by molar-refractivity contribution is 8.02. The van der Waals surface area contributed by atoms with Gasteiger partial charge in [0.25, 0.3) is 0 Å². The smallest absolute Gasteiger partial charge is 0.328 e. The Balaban J connectivity index is 2.59. The van der Waals surface area contributed by atoms with Gasteiger partial charge < -0.3 is 5.11 Å². The standard InChI is InChI=1S/C8H8N2O2S/c1-6-2-4-9-8(10-6)13-5-3-7(11)12/h2-5H,1H3,(H,11,12). The molecule has 0 saturated carbocycles. The van der Waals surface area contributed by atoms with Gasteiger partial charge in [-0.05, 0) is 18.4 Å². The SMILES string of the molecule is Cc1ccnc(SC=CC(=O)O)n1. The summed E-state index contributed by atoms with van der Waals surface area (Å²) in [5.41, 5.74) is 0.862. The van der Waals surface area contributed by atoms with Crippen molar-refractivity contribution in [2.45, 2.75) is 12.1 Å². The van der Waals surface area contributed by atoms with Crippen LogP contribution in [0, 0.1) is 6.92 Å². The van der Waals surface area contributed by atoms with Gasteiger partial charge in [-0.2, -0.15) is 0 Å². The van der Waals surface area contributed by atoms with Gasteiger partial charge in [0, 0.05) is 18.0 Å². The van der Waals surface area contributed by atoms with Gasteiger partial charge in [-0.25, -0.2) is 14.8 Å². The first-order valence-electron chi connectivity index (χ1n) is 3.54. The minimum absolute atomic E-state index is 0.553. The molecule has 0 aliphatic rings. The van der Waals surface area contributed by atoms with E-state index in [9.17, 15) is 4.79 Å². The van der Waals surface area contributed by atoms with Crippen LogP contribution in [0.2, 0.25) is 0 Å². The molecule has 0 saturated heterocycles. The van der Waals surface area contributed by atoms with E-state index in [4.69, 9.17) is 5.11 Å². The topological polar surface area (TPSA) is 63.1 Å². The summed E-state index contributed by atoms with van der Waals surface area (Å²) in [5.74, 6) is -0.972. The van der Waals surface area contributed by atoms with Crippen LogP contribution in [0.4, 0.5) is 0 Å². The first kappa shape index (κ1) is 9.73. The third-order valence-corrected chi connectivity index (χ3v) is 1.84. The number of carboxylic acids is 1. The van der Waals surface area contributed by atoms with Crippen LogP contribution in [0.25, 0.3) is 0 Å². The summed E-state index contributed by atoms with van der Waals surface area (Å²) >= 11 is 1.18. The highest BCUT2D eigenvalue weighted by Crippen LogP contribution is 2.12. The summed E-state index contributed by atoms with van der Waals surface area (Å²) in [6, 6.07) is 1.78. The summed E-state index contributed by atoms with van der Waals surface area (Å²) in [6.45, 7) is 1.85. The molecule has 68 valence electrons. The number of nitrogens with zero attached hydrogens (tertiary/aromatic N) is 2. The van der Waals surface area contributed by atoms with Gasteiger partial charge in [0.1, 0.15) is 0 Å². The van der Waals surface area contributed by atoms with Gasteiger partial charge in [0.05, 0.1) is 0 Å².